The summed E-state index contributed by atoms with van der Waals surface area (Å²) in [5, 5.41) is 12.0. The minimum absolute atomic E-state index is 0.493. The van der Waals surface area contributed by atoms with Crippen molar-refractivity contribution >= 4 is 0 Å². The van der Waals surface area contributed by atoms with Gasteiger partial charge in [-0.15, -0.1) is 0 Å². The zero-order valence-corrected chi connectivity index (χ0v) is 7.82. The van der Waals surface area contributed by atoms with E-state index < -0.39 is 18.6 Å². The first-order valence-electron chi connectivity index (χ1n) is 4.35. The van der Waals surface area contributed by atoms with Crippen molar-refractivity contribution in [3.63, 3.8) is 0 Å². The Morgan fingerprint density at radius 2 is 1.79 bits per heavy atom. The lowest BCUT2D eigenvalue weighted by atomic mass is 10.0. The second-order valence-electron chi connectivity index (χ2n) is 3.00. The molecule has 1 aromatic carbocycles. The molecule has 0 aliphatic heterocycles. The van der Waals surface area contributed by atoms with E-state index in [9.17, 15) is 13.9 Å². The lowest BCUT2D eigenvalue weighted by molar-refractivity contribution is 0.0209. The zero-order chi connectivity index (χ0) is 10.6. The predicted octanol–water partition coefficient (Wildman–Crippen LogP) is 1.57. The lowest BCUT2D eigenvalue weighted by Gasteiger charge is -2.21. The lowest BCUT2D eigenvalue weighted by Crippen LogP contribution is -2.38. The summed E-state index contributed by atoms with van der Waals surface area (Å²) < 4.78 is 24.8. The average Bonchev–Trinajstić information content (AvgIpc) is 2.19. The maximum absolute atomic E-state index is 12.4. The minimum atomic E-state index is -2.59. The van der Waals surface area contributed by atoms with Gasteiger partial charge in [0.15, 0.2) is 0 Å². The molecule has 2 N–H and O–H groups in total. The molecule has 4 heteroatoms. The van der Waals surface area contributed by atoms with E-state index in [0.717, 1.165) is 0 Å². The van der Waals surface area contributed by atoms with Gasteiger partial charge in [-0.2, -0.15) is 0 Å². The van der Waals surface area contributed by atoms with Crippen LogP contribution < -0.4 is 5.32 Å². The molecule has 2 nitrogen and oxygen atoms in total. The third kappa shape index (κ3) is 2.49. The van der Waals surface area contributed by atoms with Crippen molar-refractivity contribution in [1.82, 2.24) is 5.32 Å². The number of likely N-dealkylation sites (N-methyl/N-ethyl adjacent to an activating group) is 1. The molecule has 0 aliphatic rings. The molecule has 1 aromatic rings. The topological polar surface area (TPSA) is 32.3 Å². The molecule has 0 saturated heterocycles. The molecule has 14 heavy (non-hydrogen) atoms. The van der Waals surface area contributed by atoms with Gasteiger partial charge in [-0.3, -0.25) is 0 Å². The Balaban J connectivity index is 2.78. The number of hydrogen-bond donors (Lipinski definition) is 2. The Labute approximate surface area is 81.6 Å². The highest BCUT2D eigenvalue weighted by Gasteiger charge is 2.27. The molecular weight excluding hydrogens is 188 g/mol. The van der Waals surface area contributed by atoms with Gasteiger partial charge in [0.05, 0.1) is 12.1 Å². The molecule has 0 aliphatic carbocycles. The van der Waals surface area contributed by atoms with Gasteiger partial charge in [-0.05, 0) is 12.6 Å². The monoisotopic (exact) mass is 201 g/mol. The van der Waals surface area contributed by atoms with Crippen LogP contribution in [-0.2, 0) is 0 Å². The smallest absolute Gasteiger partial charge is 0.256 e. The molecular formula is C10H13F2NO. The van der Waals surface area contributed by atoms with Crippen LogP contribution in [0.4, 0.5) is 8.78 Å². The quantitative estimate of drug-likeness (QED) is 0.775. The van der Waals surface area contributed by atoms with Gasteiger partial charge in [0, 0.05) is 0 Å². The summed E-state index contributed by atoms with van der Waals surface area (Å²) in [5.74, 6) is 0. The largest absolute Gasteiger partial charge is 0.387 e. The molecule has 0 amide bonds. The summed E-state index contributed by atoms with van der Waals surface area (Å²) >= 11 is 0. The molecule has 0 saturated carbocycles. The fraction of sp³-hybridized carbons (Fsp3) is 0.400. The van der Waals surface area contributed by atoms with Crippen molar-refractivity contribution in [3.8, 4) is 0 Å². The standard InChI is InChI=1S/C10H13F2NO/c1-13-8(10(11)12)9(14)7-5-3-2-4-6-7/h2-6,8-10,13-14H,1H3/t8-,9-/m0/s1. The number of nitrogens with one attached hydrogen (secondary N) is 1. The molecule has 0 fully saturated rings. The Bertz CT molecular complexity index is 266. The number of benzene rings is 1. The van der Waals surface area contributed by atoms with Crippen LogP contribution >= 0.6 is 0 Å². The molecule has 0 unspecified atom stereocenters. The van der Waals surface area contributed by atoms with Gasteiger partial charge in [0.25, 0.3) is 6.43 Å². The van der Waals surface area contributed by atoms with Gasteiger partial charge in [0.2, 0.25) is 0 Å². The van der Waals surface area contributed by atoms with E-state index in [-0.39, 0.29) is 0 Å². The van der Waals surface area contributed by atoms with Crippen LogP contribution in [0.5, 0.6) is 0 Å². The van der Waals surface area contributed by atoms with Crippen LogP contribution in [0.15, 0.2) is 30.3 Å². The fourth-order valence-corrected chi connectivity index (χ4v) is 1.28. The van der Waals surface area contributed by atoms with Crippen molar-refractivity contribution < 1.29 is 13.9 Å². The fourth-order valence-electron chi connectivity index (χ4n) is 1.28. The van der Waals surface area contributed by atoms with Gasteiger partial charge >= 0.3 is 0 Å². The predicted molar refractivity (Wildman–Crippen MR) is 50.3 cm³/mol. The molecule has 2 atom stereocenters. The maximum Gasteiger partial charge on any atom is 0.256 e. The Morgan fingerprint density at radius 1 is 1.21 bits per heavy atom. The van der Waals surface area contributed by atoms with Crippen molar-refractivity contribution in [2.75, 3.05) is 7.05 Å². The van der Waals surface area contributed by atoms with Crippen molar-refractivity contribution in [2.24, 2.45) is 0 Å². The number of alkyl halides is 2. The normalized spacial score (nSPS) is 15.5. The molecule has 0 aromatic heterocycles. The highest BCUT2D eigenvalue weighted by atomic mass is 19.3. The first-order chi connectivity index (χ1) is 6.66. The summed E-state index contributed by atoms with van der Waals surface area (Å²) in [6.07, 6.45) is -3.77. The highest BCUT2D eigenvalue weighted by Crippen LogP contribution is 2.20. The van der Waals surface area contributed by atoms with Crippen LogP contribution in [0.25, 0.3) is 0 Å². The number of halogens is 2. The van der Waals surface area contributed by atoms with Crippen molar-refractivity contribution in [3.05, 3.63) is 35.9 Å². The van der Waals surface area contributed by atoms with E-state index in [1.807, 2.05) is 0 Å². The van der Waals surface area contributed by atoms with Crippen molar-refractivity contribution in [2.45, 2.75) is 18.6 Å². The summed E-state index contributed by atoms with van der Waals surface area (Å²) in [6.45, 7) is 0. The van der Waals surface area contributed by atoms with Crippen LogP contribution in [0.2, 0.25) is 0 Å². The molecule has 0 spiro atoms. The number of aliphatic hydroxyl groups excluding tert-OH is 1. The van der Waals surface area contributed by atoms with Crippen LogP contribution in [0.1, 0.15) is 11.7 Å². The van der Waals surface area contributed by atoms with Crippen molar-refractivity contribution in [1.29, 1.82) is 0 Å². The number of aliphatic hydroxyl groups is 1. The molecule has 0 heterocycles. The van der Waals surface area contributed by atoms with Crippen LogP contribution in [-0.4, -0.2) is 24.6 Å². The number of hydrogen-bond acceptors (Lipinski definition) is 2. The summed E-state index contributed by atoms with van der Waals surface area (Å²) in [6, 6.07) is 7.20. The first-order valence-corrected chi connectivity index (χ1v) is 4.35. The zero-order valence-electron chi connectivity index (χ0n) is 7.82. The van der Waals surface area contributed by atoms with Crippen LogP contribution in [0, 0.1) is 0 Å². The van der Waals surface area contributed by atoms with Gasteiger partial charge in [-0.1, -0.05) is 30.3 Å². The van der Waals surface area contributed by atoms with E-state index in [1.165, 1.54) is 7.05 Å². The SMILES string of the molecule is CN[C@H](C(F)F)[C@@H](O)c1ccccc1. The summed E-state index contributed by atoms with van der Waals surface area (Å²) in [7, 11) is 1.41. The molecule has 1 rings (SSSR count). The summed E-state index contributed by atoms with van der Waals surface area (Å²) in [4.78, 5) is 0. The Morgan fingerprint density at radius 3 is 2.21 bits per heavy atom. The second kappa shape index (κ2) is 5.02. The minimum Gasteiger partial charge on any atom is -0.387 e. The molecule has 78 valence electrons. The Hall–Kier alpha value is -1.00. The van der Waals surface area contributed by atoms with Gasteiger partial charge < -0.3 is 10.4 Å². The number of rotatable bonds is 4. The average molecular weight is 201 g/mol. The molecule has 0 bridgehead atoms. The van der Waals surface area contributed by atoms with Crippen LogP contribution in [0.3, 0.4) is 0 Å². The maximum atomic E-state index is 12.4. The van der Waals surface area contributed by atoms with E-state index >= 15 is 0 Å². The first kappa shape index (κ1) is 11.1. The van der Waals surface area contributed by atoms with E-state index in [4.69, 9.17) is 0 Å². The van der Waals surface area contributed by atoms with Gasteiger partial charge in [0.1, 0.15) is 0 Å². The third-order valence-corrected chi connectivity index (χ3v) is 2.09. The second-order valence-corrected chi connectivity index (χ2v) is 3.00. The Kier molecular flexibility index (Phi) is 3.98. The van der Waals surface area contributed by atoms with E-state index in [0.29, 0.717) is 5.56 Å². The third-order valence-electron chi connectivity index (χ3n) is 2.09. The molecule has 0 radical (unpaired) electrons. The summed E-state index contributed by atoms with van der Waals surface area (Å²) in [5.41, 5.74) is 0.493. The van der Waals surface area contributed by atoms with E-state index in [2.05, 4.69) is 5.32 Å². The van der Waals surface area contributed by atoms with Gasteiger partial charge in [-0.25, -0.2) is 8.78 Å². The van der Waals surface area contributed by atoms with E-state index in [1.54, 1.807) is 30.3 Å². The highest BCUT2D eigenvalue weighted by molar-refractivity contribution is 5.19.